The second kappa shape index (κ2) is 5.67. The Kier molecular flexibility index (Phi) is 4.19. The largest absolute Gasteiger partial charge is 0.391 e. The molecule has 1 aromatic rings. The van der Waals surface area contributed by atoms with E-state index in [1.165, 1.54) is 0 Å². The van der Waals surface area contributed by atoms with E-state index in [-0.39, 0.29) is 12.1 Å². The summed E-state index contributed by atoms with van der Waals surface area (Å²) in [5.74, 6) is 0. The Morgan fingerprint density at radius 2 is 2.11 bits per heavy atom. The van der Waals surface area contributed by atoms with Crippen molar-refractivity contribution < 1.29 is 5.11 Å². The first kappa shape index (κ1) is 13.3. The summed E-state index contributed by atoms with van der Waals surface area (Å²) in [6, 6.07) is 6.08. The zero-order valence-electron chi connectivity index (χ0n) is 10.6. The van der Waals surface area contributed by atoms with E-state index in [1.807, 2.05) is 25.1 Å². The van der Waals surface area contributed by atoms with Crippen molar-refractivity contribution >= 4 is 22.9 Å². The zero-order valence-corrected chi connectivity index (χ0v) is 11.5. The van der Waals surface area contributed by atoms with Crippen molar-refractivity contribution in [2.75, 3.05) is 5.32 Å². The lowest BCUT2D eigenvalue weighted by atomic mass is 9.92. The minimum absolute atomic E-state index is 0.105. The van der Waals surface area contributed by atoms with Gasteiger partial charge in [0.05, 0.1) is 12.1 Å². The lowest BCUT2D eigenvalue weighted by Gasteiger charge is -2.30. The Hall–Kier alpha value is -1.13. The van der Waals surface area contributed by atoms with Crippen molar-refractivity contribution in [1.82, 2.24) is 0 Å². The molecule has 0 heterocycles. The van der Waals surface area contributed by atoms with Gasteiger partial charge in [-0.05, 0) is 37.5 Å². The van der Waals surface area contributed by atoms with Gasteiger partial charge in [0.1, 0.15) is 4.99 Å². The zero-order chi connectivity index (χ0) is 13.1. The average molecular weight is 264 g/mol. The molecule has 2 atom stereocenters. The first-order chi connectivity index (χ1) is 8.58. The molecule has 3 nitrogen and oxygen atoms in total. The fraction of sp³-hybridized carbons (Fsp3) is 0.500. The van der Waals surface area contributed by atoms with Crippen LogP contribution < -0.4 is 11.1 Å². The molecule has 0 spiro atoms. The third-order valence-corrected chi connectivity index (χ3v) is 3.73. The second-order valence-corrected chi connectivity index (χ2v) is 5.46. The molecule has 4 heteroatoms. The molecule has 0 bridgehead atoms. The van der Waals surface area contributed by atoms with Gasteiger partial charge in [-0.15, -0.1) is 0 Å². The van der Waals surface area contributed by atoms with Gasteiger partial charge in [-0.25, -0.2) is 0 Å². The molecule has 0 saturated heterocycles. The van der Waals surface area contributed by atoms with Gasteiger partial charge in [0.25, 0.3) is 0 Å². The van der Waals surface area contributed by atoms with Crippen LogP contribution in [0.15, 0.2) is 18.2 Å². The molecule has 18 heavy (non-hydrogen) atoms. The Bertz CT molecular complexity index is 447. The van der Waals surface area contributed by atoms with E-state index in [2.05, 4.69) is 5.32 Å². The molecule has 98 valence electrons. The molecule has 0 aliphatic heterocycles. The molecule has 0 aromatic heterocycles. The van der Waals surface area contributed by atoms with Crippen molar-refractivity contribution in [3.63, 3.8) is 0 Å². The first-order valence-electron chi connectivity index (χ1n) is 6.43. The Morgan fingerprint density at radius 1 is 1.39 bits per heavy atom. The van der Waals surface area contributed by atoms with Crippen LogP contribution in [0.4, 0.5) is 5.69 Å². The van der Waals surface area contributed by atoms with Crippen LogP contribution in [0.2, 0.25) is 0 Å². The number of aryl methyl sites for hydroxylation is 1. The fourth-order valence-corrected chi connectivity index (χ4v) is 2.65. The molecule has 1 fully saturated rings. The van der Waals surface area contributed by atoms with Crippen LogP contribution in [-0.4, -0.2) is 22.2 Å². The van der Waals surface area contributed by atoms with Gasteiger partial charge in [0.15, 0.2) is 0 Å². The molecular formula is C14H20N2OS. The third kappa shape index (κ3) is 3.00. The predicted octanol–water partition coefficient (Wildman–Crippen LogP) is 2.34. The number of anilines is 1. The van der Waals surface area contributed by atoms with Crippen LogP contribution in [0.5, 0.6) is 0 Å². The van der Waals surface area contributed by atoms with Gasteiger partial charge in [0, 0.05) is 11.3 Å². The molecular weight excluding hydrogens is 244 g/mol. The summed E-state index contributed by atoms with van der Waals surface area (Å²) in [5.41, 5.74) is 8.68. The van der Waals surface area contributed by atoms with Crippen molar-refractivity contribution in [3.8, 4) is 0 Å². The predicted molar refractivity (Wildman–Crippen MR) is 79.0 cm³/mol. The number of hydrogen-bond donors (Lipinski definition) is 3. The normalized spacial score (nSPS) is 23.7. The standard InChI is InChI=1S/C14H20N2OS/c1-9-6-7-10(14(15)18)12(8-9)16-11-4-2-3-5-13(11)17/h6-8,11,13,16-17H,2-5H2,1H3,(H2,15,18). The third-order valence-electron chi connectivity index (χ3n) is 3.51. The van der Waals surface area contributed by atoms with Gasteiger partial charge in [-0.3, -0.25) is 0 Å². The number of aliphatic hydroxyl groups is 1. The molecule has 0 amide bonds. The van der Waals surface area contributed by atoms with E-state index < -0.39 is 0 Å². The van der Waals surface area contributed by atoms with E-state index in [0.29, 0.717) is 4.99 Å². The number of benzene rings is 1. The highest BCUT2D eigenvalue weighted by molar-refractivity contribution is 7.80. The van der Waals surface area contributed by atoms with Gasteiger partial charge >= 0.3 is 0 Å². The van der Waals surface area contributed by atoms with Crippen LogP contribution in [0.3, 0.4) is 0 Å². The molecule has 2 unspecified atom stereocenters. The van der Waals surface area contributed by atoms with Gasteiger partial charge in [-0.2, -0.15) is 0 Å². The molecule has 4 N–H and O–H groups in total. The van der Waals surface area contributed by atoms with Crippen LogP contribution >= 0.6 is 12.2 Å². The second-order valence-electron chi connectivity index (χ2n) is 5.02. The van der Waals surface area contributed by atoms with Gasteiger partial charge < -0.3 is 16.2 Å². The maximum absolute atomic E-state index is 10.0. The number of thiocarbonyl (C=S) groups is 1. The van der Waals surface area contributed by atoms with Crippen molar-refractivity contribution in [1.29, 1.82) is 0 Å². The van der Waals surface area contributed by atoms with Crippen molar-refractivity contribution in [3.05, 3.63) is 29.3 Å². The summed E-state index contributed by atoms with van der Waals surface area (Å²) in [7, 11) is 0. The monoisotopic (exact) mass is 264 g/mol. The summed E-state index contributed by atoms with van der Waals surface area (Å²) in [6.45, 7) is 2.03. The SMILES string of the molecule is Cc1ccc(C(N)=S)c(NC2CCCCC2O)c1. The van der Waals surface area contributed by atoms with Crippen LogP contribution in [0.1, 0.15) is 36.8 Å². The van der Waals surface area contributed by atoms with E-state index in [4.69, 9.17) is 18.0 Å². The minimum Gasteiger partial charge on any atom is -0.391 e. The molecule has 2 rings (SSSR count). The van der Waals surface area contributed by atoms with Gasteiger partial charge in [0.2, 0.25) is 0 Å². The molecule has 1 aromatic carbocycles. The summed E-state index contributed by atoms with van der Waals surface area (Å²) in [5, 5.41) is 13.4. The van der Waals surface area contributed by atoms with Crippen LogP contribution in [0, 0.1) is 6.92 Å². The lowest BCUT2D eigenvalue weighted by Crippen LogP contribution is -2.36. The van der Waals surface area contributed by atoms with Crippen molar-refractivity contribution in [2.45, 2.75) is 44.8 Å². The van der Waals surface area contributed by atoms with Crippen LogP contribution in [-0.2, 0) is 0 Å². The maximum atomic E-state index is 10.0. The molecule has 0 radical (unpaired) electrons. The Morgan fingerprint density at radius 3 is 2.78 bits per heavy atom. The van der Waals surface area contributed by atoms with Crippen LogP contribution in [0.25, 0.3) is 0 Å². The van der Waals surface area contributed by atoms with E-state index in [1.54, 1.807) is 0 Å². The Balaban J connectivity index is 2.21. The number of rotatable bonds is 3. The first-order valence-corrected chi connectivity index (χ1v) is 6.84. The maximum Gasteiger partial charge on any atom is 0.106 e. The smallest absolute Gasteiger partial charge is 0.106 e. The summed E-state index contributed by atoms with van der Waals surface area (Å²) < 4.78 is 0. The summed E-state index contributed by atoms with van der Waals surface area (Å²) in [6.07, 6.45) is 3.84. The highest BCUT2D eigenvalue weighted by Crippen LogP contribution is 2.25. The Labute approximate surface area is 113 Å². The van der Waals surface area contributed by atoms with Gasteiger partial charge in [-0.1, -0.05) is 31.1 Å². The fourth-order valence-electron chi connectivity index (χ4n) is 2.47. The topological polar surface area (TPSA) is 58.3 Å². The number of aliphatic hydroxyl groups excluding tert-OH is 1. The highest BCUT2D eigenvalue weighted by atomic mass is 32.1. The summed E-state index contributed by atoms with van der Waals surface area (Å²) in [4.78, 5) is 0.391. The van der Waals surface area contributed by atoms with E-state index in [9.17, 15) is 5.11 Å². The molecule has 1 saturated carbocycles. The highest BCUT2D eigenvalue weighted by Gasteiger charge is 2.23. The quantitative estimate of drug-likeness (QED) is 0.734. The lowest BCUT2D eigenvalue weighted by molar-refractivity contribution is 0.116. The molecule has 1 aliphatic carbocycles. The van der Waals surface area contributed by atoms with E-state index in [0.717, 1.165) is 42.5 Å². The van der Waals surface area contributed by atoms with E-state index >= 15 is 0 Å². The van der Waals surface area contributed by atoms with Crippen molar-refractivity contribution in [2.24, 2.45) is 5.73 Å². The minimum atomic E-state index is -0.279. The number of hydrogen-bond acceptors (Lipinski definition) is 3. The number of nitrogens with two attached hydrogens (primary N) is 1. The molecule has 1 aliphatic rings. The number of nitrogens with one attached hydrogen (secondary N) is 1. The average Bonchev–Trinajstić information content (AvgIpc) is 2.32. The summed E-state index contributed by atoms with van der Waals surface area (Å²) >= 11 is 5.07.